The molecule has 0 aromatic heterocycles. The zero-order chi connectivity index (χ0) is 18.8. The lowest BCUT2D eigenvalue weighted by atomic mass is 10.1. The highest BCUT2D eigenvalue weighted by atomic mass is 35.5. The Hall–Kier alpha value is -2.33. The minimum absolute atomic E-state index is 0.000915. The Morgan fingerprint density at radius 2 is 1.19 bits per heavy atom. The molecule has 26 heavy (non-hydrogen) atoms. The summed E-state index contributed by atoms with van der Waals surface area (Å²) in [5.41, 5.74) is 3.44. The molecule has 2 N–H and O–H groups in total. The smallest absolute Gasteiger partial charge is 0.220 e. The number of hydrogen-bond acceptors (Lipinski definition) is 2. The van der Waals surface area contributed by atoms with E-state index in [0.29, 0.717) is 37.4 Å². The number of carbonyl (C=O) groups is 2. The van der Waals surface area contributed by atoms with Crippen molar-refractivity contribution in [1.82, 2.24) is 10.6 Å². The highest BCUT2D eigenvalue weighted by molar-refractivity contribution is 6.30. The number of aryl methyl sites for hydroxylation is 3. The van der Waals surface area contributed by atoms with Gasteiger partial charge in [-0.1, -0.05) is 53.6 Å². The molecule has 4 nitrogen and oxygen atoms in total. The number of nitrogens with one attached hydrogen (secondary N) is 2. The van der Waals surface area contributed by atoms with Gasteiger partial charge in [-0.05, 0) is 43.0 Å². The van der Waals surface area contributed by atoms with Crippen molar-refractivity contribution in [3.05, 3.63) is 70.2 Å². The van der Waals surface area contributed by atoms with Crippen molar-refractivity contribution in [2.45, 2.75) is 32.6 Å². The van der Waals surface area contributed by atoms with Gasteiger partial charge in [0.05, 0.1) is 0 Å². The van der Waals surface area contributed by atoms with E-state index in [1.54, 1.807) is 0 Å². The second-order valence-corrected chi connectivity index (χ2v) is 6.75. The Morgan fingerprint density at radius 1 is 0.769 bits per heavy atom. The van der Waals surface area contributed by atoms with E-state index in [4.69, 9.17) is 11.6 Å². The molecule has 0 radical (unpaired) electrons. The van der Waals surface area contributed by atoms with Crippen LogP contribution < -0.4 is 10.6 Å². The molecular weight excluding hydrogens is 348 g/mol. The maximum Gasteiger partial charge on any atom is 0.220 e. The van der Waals surface area contributed by atoms with E-state index < -0.39 is 0 Å². The summed E-state index contributed by atoms with van der Waals surface area (Å²) < 4.78 is 0. The fraction of sp³-hybridized carbons (Fsp3) is 0.333. The molecule has 0 aliphatic rings. The Morgan fingerprint density at radius 3 is 1.65 bits per heavy atom. The van der Waals surface area contributed by atoms with Crippen molar-refractivity contribution in [1.29, 1.82) is 0 Å². The minimum Gasteiger partial charge on any atom is -0.354 e. The lowest BCUT2D eigenvalue weighted by Crippen LogP contribution is -2.34. The molecule has 138 valence electrons. The fourth-order valence-electron chi connectivity index (χ4n) is 2.50. The van der Waals surface area contributed by atoms with Crippen molar-refractivity contribution in [2.75, 3.05) is 13.1 Å². The van der Waals surface area contributed by atoms with Gasteiger partial charge < -0.3 is 10.6 Å². The van der Waals surface area contributed by atoms with Crippen molar-refractivity contribution < 1.29 is 9.59 Å². The predicted octanol–water partition coefficient (Wildman–Crippen LogP) is 3.45. The number of rotatable bonds is 9. The van der Waals surface area contributed by atoms with Gasteiger partial charge in [0.2, 0.25) is 11.8 Å². The van der Waals surface area contributed by atoms with Crippen LogP contribution in [0.2, 0.25) is 5.02 Å². The van der Waals surface area contributed by atoms with Gasteiger partial charge >= 0.3 is 0 Å². The molecule has 0 spiro atoms. The van der Waals surface area contributed by atoms with Crippen molar-refractivity contribution >= 4 is 23.4 Å². The van der Waals surface area contributed by atoms with Gasteiger partial charge in [-0.3, -0.25) is 9.59 Å². The van der Waals surface area contributed by atoms with Gasteiger partial charge in [0.1, 0.15) is 0 Å². The van der Waals surface area contributed by atoms with Crippen LogP contribution in [-0.4, -0.2) is 24.9 Å². The molecule has 0 aliphatic heterocycles. The molecule has 0 atom stereocenters. The lowest BCUT2D eigenvalue weighted by Gasteiger charge is -2.08. The summed E-state index contributed by atoms with van der Waals surface area (Å²) in [7, 11) is 0. The van der Waals surface area contributed by atoms with E-state index in [9.17, 15) is 9.59 Å². The van der Waals surface area contributed by atoms with Crippen LogP contribution in [-0.2, 0) is 22.4 Å². The number of hydrogen-bond donors (Lipinski definition) is 2. The zero-order valence-electron chi connectivity index (χ0n) is 15.1. The second kappa shape index (κ2) is 10.6. The lowest BCUT2D eigenvalue weighted by molar-refractivity contribution is -0.122. The Labute approximate surface area is 159 Å². The Bertz CT molecular complexity index is 648. The van der Waals surface area contributed by atoms with Crippen LogP contribution in [0.1, 0.15) is 29.5 Å². The third kappa shape index (κ3) is 7.70. The first-order valence-corrected chi connectivity index (χ1v) is 9.24. The summed E-state index contributed by atoms with van der Waals surface area (Å²) in [6, 6.07) is 15.7. The first-order valence-electron chi connectivity index (χ1n) is 8.86. The topological polar surface area (TPSA) is 58.2 Å². The Balaban J connectivity index is 1.54. The largest absolute Gasteiger partial charge is 0.354 e. The molecule has 0 saturated carbocycles. The molecule has 0 saturated heterocycles. The molecular formula is C21H25ClN2O2. The van der Waals surface area contributed by atoms with Crippen LogP contribution in [0.15, 0.2) is 48.5 Å². The second-order valence-electron chi connectivity index (χ2n) is 6.31. The summed E-state index contributed by atoms with van der Waals surface area (Å²) in [4.78, 5) is 23.6. The number of carbonyl (C=O) groups excluding carboxylic acids is 2. The molecule has 0 bridgehead atoms. The van der Waals surface area contributed by atoms with Crippen LogP contribution in [0.3, 0.4) is 0 Å². The van der Waals surface area contributed by atoms with E-state index in [1.807, 2.05) is 55.5 Å². The van der Waals surface area contributed by atoms with E-state index in [0.717, 1.165) is 17.5 Å². The summed E-state index contributed by atoms with van der Waals surface area (Å²) in [6.07, 6.45) is 2.27. The van der Waals surface area contributed by atoms with Gasteiger partial charge in [-0.15, -0.1) is 0 Å². The van der Waals surface area contributed by atoms with Crippen LogP contribution in [0.5, 0.6) is 0 Å². The van der Waals surface area contributed by atoms with Gasteiger partial charge in [0, 0.05) is 31.0 Å². The number of halogens is 1. The van der Waals surface area contributed by atoms with Crippen LogP contribution in [0.4, 0.5) is 0 Å². The summed E-state index contributed by atoms with van der Waals surface area (Å²) in [6.45, 7) is 2.93. The molecule has 0 aliphatic carbocycles. The van der Waals surface area contributed by atoms with Crippen LogP contribution in [0, 0.1) is 6.92 Å². The predicted molar refractivity (Wildman–Crippen MR) is 105 cm³/mol. The third-order valence-corrected chi connectivity index (χ3v) is 4.34. The van der Waals surface area contributed by atoms with E-state index in [1.165, 1.54) is 5.56 Å². The van der Waals surface area contributed by atoms with E-state index >= 15 is 0 Å². The maximum absolute atomic E-state index is 11.8. The molecule has 0 heterocycles. The average molecular weight is 373 g/mol. The Kier molecular flexibility index (Phi) is 8.16. The highest BCUT2D eigenvalue weighted by Crippen LogP contribution is 2.10. The highest BCUT2D eigenvalue weighted by Gasteiger charge is 2.04. The molecule has 2 aromatic carbocycles. The van der Waals surface area contributed by atoms with E-state index in [-0.39, 0.29) is 11.8 Å². The van der Waals surface area contributed by atoms with Gasteiger partial charge in [0.25, 0.3) is 0 Å². The first kappa shape index (κ1) is 20.0. The zero-order valence-corrected chi connectivity index (χ0v) is 15.8. The van der Waals surface area contributed by atoms with Crippen molar-refractivity contribution in [3.63, 3.8) is 0 Å². The summed E-state index contributed by atoms with van der Waals surface area (Å²) in [5.74, 6) is -0.0187. The summed E-state index contributed by atoms with van der Waals surface area (Å²) >= 11 is 5.83. The molecule has 0 unspecified atom stereocenters. The van der Waals surface area contributed by atoms with Gasteiger partial charge in [-0.2, -0.15) is 0 Å². The first-order chi connectivity index (χ1) is 12.5. The SMILES string of the molecule is Cc1ccc(CCC(=O)NCCNC(=O)CCc2ccc(Cl)cc2)cc1. The minimum atomic E-state index is -0.0196. The van der Waals surface area contributed by atoms with Gasteiger partial charge in [-0.25, -0.2) is 0 Å². The molecule has 0 fully saturated rings. The fourth-order valence-corrected chi connectivity index (χ4v) is 2.63. The molecule has 2 rings (SSSR count). The van der Waals surface area contributed by atoms with Crippen molar-refractivity contribution in [3.8, 4) is 0 Å². The van der Waals surface area contributed by atoms with Crippen molar-refractivity contribution in [2.24, 2.45) is 0 Å². The monoisotopic (exact) mass is 372 g/mol. The number of benzene rings is 2. The summed E-state index contributed by atoms with van der Waals surface area (Å²) in [5, 5.41) is 6.34. The third-order valence-electron chi connectivity index (χ3n) is 4.08. The normalized spacial score (nSPS) is 10.4. The standard InChI is InChI=1S/C21H25ClN2O2/c1-16-2-4-17(5-3-16)8-12-20(25)23-14-15-24-21(26)13-9-18-6-10-19(22)11-7-18/h2-7,10-11H,8-9,12-15H2,1H3,(H,23,25)(H,24,26). The number of amides is 2. The quantitative estimate of drug-likeness (QED) is 0.662. The van der Waals surface area contributed by atoms with Crippen LogP contribution in [0.25, 0.3) is 0 Å². The van der Waals surface area contributed by atoms with E-state index in [2.05, 4.69) is 10.6 Å². The van der Waals surface area contributed by atoms with Gasteiger partial charge in [0.15, 0.2) is 0 Å². The molecule has 2 amide bonds. The average Bonchev–Trinajstić information content (AvgIpc) is 2.64. The van der Waals surface area contributed by atoms with Crippen LogP contribution >= 0.6 is 11.6 Å². The molecule has 5 heteroatoms. The molecule has 2 aromatic rings. The maximum atomic E-state index is 11.8.